The summed E-state index contributed by atoms with van der Waals surface area (Å²) < 4.78 is 0. The van der Waals surface area contributed by atoms with Crippen LogP contribution in [0.5, 0.6) is 0 Å². The lowest BCUT2D eigenvalue weighted by atomic mass is 10.0. The zero-order chi connectivity index (χ0) is 17.1. The fourth-order valence-corrected chi connectivity index (χ4v) is 3.95. The number of amides is 1. The van der Waals surface area contributed by atoms with E-state index in [1.807, 2.05) is 41.7 Å². The van der Waals surface area contributed by atoms with Gasteiger partial charge in [-0.3, -0.25) is 4.79 Å². The third kappa shape index (κ3) is 3.59. The number of carbonyl (C=O) groups is 1. The monoisotopic (exact) mass is 344 g/mol. The maximum absolute atomic E-state index is 12.7. The fourth-order valence-electron chi connectivity index (χ4n) is 2.99. The normalized spacial score (nSPS) is 15.8. The van der Waals surface area contributed by atoms with E-state index < -0.39 is 0 Å². The molecular formula is C18H24N4OS. The fraction of sp³-hybridized carbons (Fsp3) is 0.500. The topological polar surface area (TPSA) is 49.3 Å². The second-order valence-electron chi connectivity index (χ2n) is 6.55. The van der Waals surface area contributed by atoms with Gasteiger partial charge in [0.2, 0.25) is 0 Å². The average Bonchev–Trinajstić information content (AvgIpc) is 3.12. The molecule has 1 aliphatic heterocycles. The van der Waals surface area contributed by atoms with Gasteiger partial charge in [-0.25, -0.2) is 9.97 Å². The van der Waals surface area contributed by atoms with Crippen molar-refractivity contribution in [2.24, 2.45) is 0 Å². The lowest BCUT2D eigenvalue weighted by Gasteiger charge is -2.37. The Morgan fingerprint density at radius 2 is 2.08 bits per heavy atom. The van der Waals surface area contributed by atoms with Crippen molar-refractivity contribution in [1.29, 1.82) is 0 Å². The van der Waals surface area contributed by atoms with Gasteiger partial charge in [-0.15, -0.1) is 11.3 Å². The average molecular weight is 344 g/mol. The molecule has 3 rings (SSSR count). The van der Waals surface area contributed by atoms with Crippen LogP contribution in [0.15, 0.2) is 29.8 Å². The lowest BCUT2D eigenvalue weighted by molar-refractivity contribution is 0.0708. The van der Waals surface area contributed by atoms with Crippen molar-refractivity contribution in [3.63, 3.8) is 0 Å². The van der Waals surface area contributed by atoms with Crippen molar-refractivity contribution in [2.45, 2.75) is 38.6 Å². The Balaban J connectivity index is 1.60. The number of rotatable bonds is 4. The minimum Gasteiger partial charge on any atom is -0.356 e. The molecule has 24 heavy (non-hydrogen) atoms. The Kier molecular flexibility index (Phi) is 5.14. The van der Waals surface area contributed by atoms with E-state index in [-0.39, 0.29) is 11.9 Å². The highest BCUT2D eigenvalue weighted by atomic mass is 32.1. The Morgan fingerprint density at radius 3 is 2.67 bits per heavy atom. The first-order valence-electron chi connectivity index (χ1n) is 8.45. The van der Waals surface area contributed by atoms with Gasteiger partial charge in [-0.1, -0.05) is 19.9 Å². The number of hydrogen-bond acceptors (Lipinski definition) is 5. The van der Waals surface area contributed by atoms with Crippen molar-refractivity contribution in [2.75, 3.05) is 25.0 Å². The SMILES string of the molecule is CC(C)c1csc(C(=O)N(C)C2CCN(c3ccccn3)CC2)n1. The second-order valence-corrected chi connectivity index (χ2v) is 7.41. The Bertz CT molecular complexity index is 677. The molecule has 1 fully saturated rings. The van der Waals surface area contributed by atoms with E-state index in [9.17, 15) is 4.79 Å². The van der Waals surface area contributed by atoms with Crippen LogP contribution < -0.4 is 4.90 Å². The summed E-state index contributed by atoms with van der Waals surface area (Å²) >= 11 is 1.45. The summed E-state index contributed by atoms with van der Waals surface area (Å²) in [5.41, 5.74) is 1.00. The first kappa shape index (κ1) is 16.9. The third-order valence-corrected chi connectivity index (χ3v) is 5.45. The summed E-state index contributed by atoms with van der Waals surface area (Å²) in [7, 11) is 1.90. The number of carbonyl (C=O) groups excluding carboxylic acids is 1. The molecule has 0 N–H and O–H groups in total. The third-order valence-electron chi connectivity index (χ3n) is 4.60. The van der Waals surface area contributed by atoms with Gasteiger partial charge in [0.1, 0.15) is 5.82 Å². The molecule has 0 aliphatic carbocycles. The van der Waals surface area contributed by atoms with Gasteiger partial charge in [-0.05, 0) is 30.9 Å². The Hall–Kier alpha value is -1.95. The van der Waals surface area contributed by atoms with Crippen molar-refractivity contribution in [3.05, 3.63) is 40.5 Å². The van der Waals surface area contributed by atoms with Crippen LogP contribution in [-0.2, 0) is 0 Å². The highest BCUT2D eigenvalue weighted by molar-refractivity contribution is 7.11. The van der Waals surface area contributed by atoms with Crippen molar-refractivity contribution in [1.82, 2.24) is 14.9 Å². The van der Waals surface area contributed by atoms with Gasteiger partial charge in [0.25, 0.3) is 5.91 Å². The first-order valence-corrected chi connectivity index (χ1v) is 9.32. The molecular weight excluding hydrogens is 320 g/mol. The maximum Gasteiger partial charge on any atom is 0.282 e. The van der Waals surface area contributed by atoms with Crippen LogP contribution in [-0.4, -0.2) is 47.0 Å². The minimum atomic E-state index is 0.0446. The van der Waals surface area contributed by atoms with E-state index in [0.29, 0.717) is 10.9 Å². The lowest BCUT2D eigenvalue weighted by Crippen LogP contribution is -2.45. The largest absolute Gasteiger partial charge is 0.356 e. The molecule has 1 amide bonds. The summed E-state index contributed by atoms with van der Waals surface area (Å²) in [6.45, 7) is 6.05. The van der Waals surface area contributed by atoms with Gasteiger partial charge in [0.05, 0.1) is 5.69 Å². The zero-order valence-corrected chi connectivity index (χ0v) is 15.3. The predicted molar refractivity (Wildman–Crippen MR) is 97.8 cm³/mol. The van der Waals surface area contributed by atoms with Crippen LogP contribution in [0.3, 0.4) is 0 Å². The molecule has 0 atom stereocenters. The molecule has 2 aromatic heterocycles. The zero-order valence-electron chi connectivity index (χ0n) is 14.5. The van der Waals surface area contributed by atoms with Crippen LogP contribution in [0.2, 0.25) is 0 Å². The first-order chi connectivity index (χ1) is 11.6. The van der Waals surface area contributed by atoms with Crippen LogP contribution in [0.4, 0.5) is 5.82 Å². The highest BCUT2D eigenvalue weighted by Gasteiger charge is 2.27. The van der Waals surface area contributed by atoms with E-state index in [0.717, 1.165) is 37.4 Å². The molecule has 2 aromatic rings. The number of piperidine rings is 1. The summed E-state index contributed by atoms with van der Waals surface area (Å²) in [5.74, 6) is 1.42. The molecule has 0 bridgehead atoms. The standard InChI is InChI=1S/C18H24N4OS/c1-13(2)15-12-24-17(20-15)18(23)21(3)14-7-10-22(11-8-14)16-6-4-5-9-19-16/h4-6,9,12-14H,7-8,10-11H2,1-3H3. The Labute approximate surface area is 147 Å². The smallest absolute Gasteiger partial charge is 0.282 e. The summed E-state index contributed by atoms with van der Waals surface area (Å²) in [6, 6.07) is 6.25. The van der Waals surface area contributed by atoms with Gasteiger partial charge >= 0.3 is 0 Å². The molecule has 1 saturated heterocycles. The second kappa shape index (κ2) is 7.30. The quantitative estimate of drug-likeness (QED) is 0.853. The molecule has 128 valence electrons. The number of nitrogens with zero attached hydrogens (tertiary/aromatic N) is 4. The minimum absolute atomic E-state index is 0.0446. The van der Waals surface area contributed by atoms with E-state index in [2.05, 4.69) is 28.7 Å². The van der Waals surface area contributed by atoms with Gasteiger partial charge < -0.3 is 9.80 Å². The van der Waals surface area contributed by atoms with Crippen molar-refractivity contribution >= 4 is 23.1 Å². The molecule has 6 heteroatoms. The van der Waals surface area contributed by atoms with Crippen molar-refractivity contribution < 1.29 is 4.79 Å². The van der Waals surface area contributed by atoms with Crippen LogP contribution in [0.25, 0.3) is 0 Å². The van der Waals surface area contributed by atoms with Crippen LogP contribution >= 0.6 is 11.3 Å². The molecule has 1 aliphatic rings. The van der Waals surface area contributed by atoms with E-state index >= 15 is 0 Å². The van der Waals surface area contributed by atoms with Gasteiger partial charge in [0.15, 0.2) is 5.01 Å². The molecule has 0 radical (unpaired) electrons. The highest BCUT2D eigenvalue weighted by Crippen LogP contribution is 2.23. The van der Waals surface area contributed by atoms with E-state index in [4.69, 9.17) is 0 Å². The van der Waals surface area contributed by atoms with Crippen molar-refractivity contribution in [3.8, 4) is 0 Å². The molecule has 0 unspecified atom stereocenters. The number of hydrogen-bond donors (Lipinski definition) is 0. The predicted octanol–water partition coefficient (Wildman–Crippen LogP) is 3.40. The Morgan fingerprint density at radius 1 is 1.33 bits per heavy atom. The number of thiazole rings is 1. The summed E-state index contributed by atoms with van der Waals surface area (Å²) in [5, 5.41) is 2.60. The molecule has 5 nitrogen and oxygen atoms in total. The molecule has 0 aromatic carbocycles. The summed E-state index contributed by atoms with van der Waals surface area (Å²) in [6.07, 6.45) is 3.74. The van der Waals surface area contributed by atoms with E-state index in [1.165, 1.54) is 11.3 Å². The van der Waals surface area contributed by atoms with Gasteiger partial charge in [-0.2, -0.15) is 0 Å². The van der Waals surface area contributed by atoms with Gasteiger partial charge in [0, 0.05) is 37.8 Å². The van der Waals surface area contributed by atoms with E-state index in [1.54, 1.807) is 0 Å². The summed E-state index contributed by atoms with van der Waals surface area (Å²) in [4.78, 5) is 25.7. The number of pyridine rings is 1. The van der Waals surface area contributed by atoms with Crippen LogP contribution in [0.1, 0.15) is 48.1 Å². The molecule has 3 heterocycles. The number of aromatic nitrogens is 2. The molecule has 0 spiro atoms. The maximum atomic E-state index is 12.7. The van der Waals surface area contributed by atoms with Crippen LogP contribution in [0, 0.1) is 0 Å². The number of anilines is 1. The molecule has 0 saturated carbocycles.